The molecule has 0 rings (SSSR count). The first-order valence-electron chi connectivity index (χ1n) is 0.908. The fraction of sp³-hybridized carbons (Fsp3) is 0.875. The molecule has 2 N–H and O–H groups in total. The van der Waals surface area contributed by atoms with E-state index in [1.807, 2.05) is 0 Å². The lowest BCUT2D eigenvalue weighted by molar-refractivity contribution is 0.562. The summed E-state index contributed by atoms with van der Waals surface area (Å²) in [7, 11) is 0. The molecule has 0 saturated heterocycles. The van der Waals surface area contributed by atoms with Crippen LogP contribution in [0.3, 0.4) is 0 Å². The molecule has 0 aromatic heterocycles. The first-order valence-corrected chi connectivity index (χ1v) is 0.908. The highest BCUT2D eigenvalue weighted by Crippen LogP contribution is 0.871. The van der Waals surface area contributed by atoms with Crippen molar-refractivity contribution in [1.29, 1.82) is 10.8 Å². The molecule has 0 heterocycles. The van der Waals surface area contributed by atoms with Gasteiger partial charge in [0.15, 0.2) is 0 Å². The molecule has 0 radical (unpaired) electrons. The van der Waals surface area contributed by atoms with E-state index < -0.39 is 0 Å². The number of hydrogen-bond donors (Lipinski definition) is 2. The van der Waals surface area contributed by atoms with Crippen molar-refractivity contribution in [2.45, 2.75) is 104 Å². The van der Waals surface area contributed by atoms with Crippen molar-refractivity contribution < 1.29 is 9.59 Å². The van der Waals surface area contributed by atoms with Gasteiger partial charge in [0.1, 0.15) is 0 Å². The molecule has 0 aromatic carbocycles. The Morgan fingerprint density at radius 1 is 0.350 bits per heavy atom. The Bertz CT molecular complexity index is 72.5. The van der Waals surface area contributed by atoms with Crippen molar-refractivity contribution in [1.82, 2.24) is 0 Å². The topological polar surface area (TPSA) is 81.8 Å². The van der Waals surface area contributed by atoms with E-state index in [1.54, 1.807) is 0 Å². The Labute approximate surface area is 137 Å². The summed E-state index contributed by atoms with van der Waals surface area (Å²) in [4.78, 5) is 16.7. The summed E-state index contributed by atoms with van der Waals surface area (Å²) < 4.78 is 0. The van der Waals surface area contributed by atoms with Crippen molar-refractivity contribution in [3.8, 4) is 0 Å². The Morgan fingerprint density at radius 2 is 0.350 bits per heavy atom. The predicted octanol–water partition coefficient (Wildman–Crippen LogP) is 8.71. The van der Waals surface area contributed by atoms with Crippen molar-refractivity contribution in [2.24, 2.45) is 0 Å². The van der Waals surface area contributed by atoms with E-state index in [1.165, 1.54) is 0 Å². The van der Waals surface area contributed by atoms with Gasteiger partial charge in [-0.05, 0) is 0 Å². The monoisotopic (exact) mass is 310 g/mol. The van der Waals surface area contributed by atoms with Crippen LogP contribution in [0.15, 0.2) is 0 Å². The van der Waals surface area contributed by atoms with Crippen molar-refractivity contribution in [3.05, 3.63) is 0 Å². The van der Waals surface area contributed by atoms with Gasteiger partial charge in [-0.15, -0.1) is 0 Å². The molecule has 0 fully saturated rings. The first-order chi connectivity index (χ1) is 2.83. The summed E-state index contributed by atoms with van der Waals surface area (Å²) >= 11 is 0. The molecule has 0 bridgehead atoms. The van der Waals surface area contributed by atoms with Crippen molar-refractivity contribution in [2.75, 3.05) is 0 Å². The third-order valence-corrected chi connectivity index (χ3v) is 0. The maximum Gasteiger partial charge on any atom is 0.231 e. The molecule has 20 heavy (non-hydrogen) atoms. The van der Waals surface area contributed by atoms with Gasteiger partial charge in [-0.25, -0.2) is 20.4 Å². The Morgan fingerprint density at radius 3 is 0.350 bits per heavy atom. The third kappa shape index (κ3) is 2710. The van der Waals surface area contributed by atoms with Crippen LogP contribution in [0.5, 0.6) is 0 Å². The molecule has 0 spiro atoms. The Kier molecular flexibility index (Phi) is 335000. The molecule has 0 atom stereocenters. The minimum absolute atomic E-state index is 0. The Balaban J connectivity index is -0.000000000672. The summed E-state index contributed by atoms with van der Waals surface area (Å²) in [5.41, 5.74) is 0. The summed E-state index contributed by atoms with van der Waals surface area (Å²) in [6, 6.07) is 0. The lowest BCUT2D eigenvalue weighted by Crippen LogP contribution is -1.16. The van der Waals surface area contributed by atoms with Crippen LogP contribution in [0, 0.1) is 10.8 Å². The molecule has 0 aliphatic heterocycles. The van der Waals surface area contributed by atoms with Gasteiger partial charge in [-0.3, -0.25) is 0 Å². The van der Waals surface area contributed by atoms with E-state index in [0.29, 0.717) is 0 Å². The highest BCUT2D eigenvalue weighted by Gasteiger charge is 1.04. The molecule has 0 aliphatic rings. The largest absolute Gasteiger partial charge is 0.231 e. The highest BCUT2D eigenvalue weighted by atomic mass is 16.1. The molecule has 0 aromatic rings. The molecule has 4 heteroatoms. The van der Waals surface area contributed by atoms with Gasteiger partial charge in [-0.2, -0.15) is 0 Å². The first kappa shape index (κ1) is 777. The van der Waals surface area contributed by atoms with Crippen LogP contribution in [-0.2, 0) is 9.59 Å². The van der Waals surface area contributed by atoms with Crippen LogP contribution in [0.25, 0.3) is 0 Å². The fourth-order valence-corrected chi connectivity index (χ4v) is 0. The van der Waals surface area contributed by atoms with Crippen LogP contribution < -0.4 is 0 Å². The number of rotatable bonds is 0. The number of isocyanates is 2. The second-order valence-electron chi connectivity index (χ2n) is 0.204. The van der Waals surface area contributed by atoms with Gasteiger partial charge in [0.2, 0.25) is 12.2 Å². The fourth-order valence-electron chi connectivity index (χ4n) is 0. The van der Waals surface area contributed by atoms with E-state index in [9.17, 15) is 0 Å². The SMILES string of the molecule is C.C.C.C.C.C.C.C.C.C.C.C.C.C.N=C=O.N=C=O. The van der Waals surface area contributed by atoms with Gasteiger partial charge in [0.05, 0.1) is 0 Å². The van der Waals surface area contributed by atoms with Gasteiger partial charge < -0.3 is 0 Å². The zero-order valence-corrected chi connectivity index (χ0v) is 2.82. The summed E-state index contributed by atoms with van der Waals surface area (Å²) in [6.07, 6.45) is 1.50. The van der Waals surface area contributed by atoms with E-state index in [4.69, 9.17) is 20.4 Å². The van der Waals surface area contributed by atoms with Crippen molar-refractivity contribution >= 4 is 12.2 Å². The van der Waals surface area contributed by atoms with Crippen LogP contribution in [0.4, 0.5) is 0 Å². The number of hydrogen-bond acceptors (Lipinski definition) is 4. The standard InChI is InChI=1S/2CHNO.14CH4/c2*2-1-3;;;;;;;;;;;;;;/h2*2H;14*1H4. The maximum atomic E-state index is 8.35. The zero-order valence-electron chi connectivity index (χ0n) is 2.82. The second kappa shape index (κ2) is 8640. The van der Waals surface area contributed by atoms with Gasteiger partial charge in [0, 0.05) is 0 Å². The molecule has 0 unspecified atom stereocenters. The lowest BCUT2D eigenvalue weighted by atomic mass is 11.7. The van der Waals surface area contributed by atoms with Gasteiger partial charge >= 0.3 is 0 Å². The van der Waals surface area contributed by atoms with Crippen LogP contribution in [0.2, 0.25) is 0 Å². The normalized spacial score (nSPS) is 0.800. The average Bonchev–Trinajstić information content (AvgIpc) is 1.39. The van der Waals surface area contributed by atoms with Crippen LogP contribution >= 0.6 is 0 Å². The van der Waals surface area contributed by atoms with Crippen LogP contribution in [0.1, 0.15) is 104 Å². The molecule has 0 aliphatic carbocycles. The minimum Gasteiger partial charge on any atom is -0.222 e. The Hall–Kier alpha value is -1.24. The average molecular weight is 311 g/mol. The molecule has 4 nitrogen and oxygen atoms in total. The smallest absolute Gasteiger partial charge is 0.222 e. The summed E-state index contributed by atoms with van der Waals surface area (Å²) in [5, 5.41) is 10.8. The van der Waals surface area contributed by atoms with Gasteiger partial charge in [0.25, 0.3) is 0 Å². The molecule has 0 amide bonds. The number of nitrogens with one attached hydrogen (secondary N) is 2. The van der Waals surface area contributed by atoms with E-state index in [2.05, 4.69) is 0 Å². The van der Waals surface area contributed by atoms with Crippen molar-refractivity contribution in [3.63, 3.8) is 0 Å². The molecule has 144 valence electrons. The summed E-state index contributed by atoms with van der Waals surface area (Å²) in [5.74, 6) is 0. The summed E-state index contributed by atoms with van der Waals surface area (Å²) in [6.45, 7) is 0. The lowest BCUT2D eigenvalue weighted by Gasteiger charge is -1.02. The third-order valence-electron chi connectivity index (χ3n) is 0. The molecule has 0 saturated carbocycles. The predicted molar refractivity (Wildman–Crippen MR) is 111 cm³/mol. The van der Waals surface area contributed by atoms with E-state index >= 15 is 0 Å². The maximum absolute atomic E-state index is 8.35. The number of carbonyl (C=O) groups excluding carboxylic acids is 2. The van der Waals surface area contributed by atoms with Gasteiger partial charge in [-0.1, -0.05) is 104 Å². The quantitative estimate of drug-likeness (QED) is 0.346. The molecular weight excluding hydrogens is 252 g/mol. The van der Waals surface area contributed by atoms with E-state index in [-0.39, 0.29) is 104 Å². The second-order valence-corrected chi connectivity index (χ2v) is 0.204. The van der Waals surface area contributed by atoms with E-state index in [0.717, 1.165) is 12.2 Å². The zero-order chi connectivity index (χ0) is 5.41. The minimum atomic E-state index is 0. The molecular formula is C16H58N2O2. The van der Waals surface area contributed by atoms with Crippen LogP contribution in [-0.4, -0.2) is 12.2 Å². The highest BCUT2D eigenvalue weighted by molar-refractivity contribution is 5.26.